The number of benzene rings is 2. The molecule has 0 bridgehead atoms. The third-order valence-electron chi connectivity index (χ3n) is 3.23. The topological polar surface area (TPSA) is 102 Å². The molecule has 0 unspecified atom stereocenters. The van der Waals surface area contributed by atoms with Crippen molar-refractivity contribution in [1.82, 2.24) is 0 Å². The number of carboxylic acids is 1. The van der Waals surface area contributed by atoms with E-state index in [2.05, 4.69) is 4.99 Å². The number of rotatable bonds is 5. The second-order valence-electron chi connectivity index (χ2n) is 5.06. The van der Waals surface area contributed by atoms with Gasteiger partial charge in [0.2, 0.25) is 0 Å². The van der Waals surface area contributed by atoms with Crippen LogP contribution in [0.1, 0.15) is 21.5 Å². The molecule has 0 aliphatic rings. The number of carbonyl (C=O) groups is 2. The minimum absolute atomic E-state index is 0.0489. The first kappa shape index (κ1) is 17.3. The summed E-state index contributed by atoms with van der Waals surface area (Å²) < 4.78 is 5.10. The number of carbonyl (C=O) groups excluding carboxylic acids is 1. The van der Waals surface area contributed by atoms with E-state index in [0.29, 0.717) is 11.0 Å². The number of ether oxygens (including phenoxy) is 1. The van der Waals surface area contributed by atoms with Crippen LogP contribution < -0.4 is 15.9 Å². The average molecular weight is 322 g/mol. The number of amides is 1. The molecule has 0 saturated heterocycles. The minimum atomic E-state index is -1.16. The van der Waals surface area contributed by atoms with Gasteiger partial charge in [0.05, 0.1) is 5.56 Å². The summed E-state index contributed by atoms with van der Waals surface area (Å²) in [5.41, 5.74) is 7.80. The van der Waals surface area contributed by atoms with E-state index in [4.69, 9.17) is 23.4 Å². The third kappa shape index (κ3) is 4.22. The van der Waals surface area contributed by atoms with Gasteiger partial charge >= 0.3 is 5.97 Å². The quantitative estimate of drug-likeness (QED) is 0.481. The van der Waals surface area contributed by atoms with Gasteiger partial charge in [-0.3, -0.25) is 4.79 Å². The molecule has 0 saturated carbocycles. The number of hydrogen-bond donors (Lipinski definition) is 2. The maximum atomic E-state index is 12.4. The van der Waals surface area contributed by atoms with Crippen molar-refractivity contribution in [2.75, 3.05) is 6.61 Å². The SMILES string of the molecule is [B]c1ccc(OCC(=O)O)c(C(=O)N=C(N)c2ccccc2C)c1. The lowest BCUT2D eigenvalue weighted by Gasteiger charge is -2.09. The van der Waals surface area contributed by atoms with E-state index in [0.717, 1.165) is 5.56 Å². The maximum absolute atomic E-state index is 12.4. The van der Waals surface area contributed by atoms with E-state index < -0.39 is 18.5 Å². The molecule has 2 radical (unpaired) electrons. The van der Waals surface area contributed by atoms with Gasteiger partial charge in [0, 0.05) is 5.56 Å². The zero-order chi connectivity index (χ0) is 17.7. The van der Waals surface area contributed by atoms with Gasteiger partial charge in [0.1, 0.15) is 19.4 Å². The standard InChI is InChI=1S/C17H15BN2O4/c1-10-4-2-3-5-12(10)16(19)20-17(23)13-8-11(18)6-7-14(13)24-9-15(21)22/h2-8H,9H2,1H3,(H,21,22)(H2,19,20,23). The number of aliphatic imine (C=N–C) groups is 1. The first-order valence-corrected chi connectivity index (χ1v) is 7.07. The van der Waals surface area contributed by atoms with Crippen molar-refractivity contribution in [3.05, 3.63) is 59.2 Å². The first-order valence-electron chi connectivity index (χ1n) is 7.07. The van der Waals surface area contributed by atoms with E-state index in [1.54, 1.807) is 12.1 Å². The van der Waals surface area contributed by atoms with Crippen LogP contribution in [0.2, 0.25) is 0 Å². The van der Waals surface area contributed by atoms with Gasteiger partial charge in [-0.25, -0.2) is 4.79 Å². The Morgan fingerprint density at radius 3 is 2.58 bits per heavy atom. The Balaban J connectivity index is 2.35. The molecule has 2 rings (SSSR count). The molecule has 0 fully saturated rings. The van der Waals surface area contributed by atoms with Crippen LogP contribution in [0.4, 0.5) is 0 Å². The van der Waals surface area contributed by atoms with Crippen LogP contribution >= 0.6 is 0 Å². The summed E-state index contributed by atoms with van der Waals surface area (Å²) in [7, 11) is 5.68. The highest BCUT2D eigenvalue weighted by Crippen LogP contribution is 2.18. The van der Waals surface area contributed by atoms with Gasteiger partial charge in [0.15, 0.2) is 6.61 Å². The van der Waals surface area contributed by atoms with Crippen molar-refractivity contribution in [3.8, 4) is 5.75 Å². The van der Waals surface area contributed by atoms with Gasteiger partial charge in [-0.05, 0) is 18.6 Å². The molecule has 0 aliphatic carbocycles. The zero-order valence-corrected chi connectivity index (χ0v) is 13.0. The van der Waals surface area contributed by atoms with Gasteiger partial charge in [-0.15, -0.1) is 0 Å². The molecule has 2 aromatic rings. The summed E-state index contributed by atoms with van der Waals surface area (Å²) in [6, 6.07) is 11.5. The Morgan fingerprint density at radius 2 is 1.92 bits per heavy atom. The van der Waals surface area contributed by atoms with Gasteiger partial charge in [-0.2, -0.15) is 4.99 Å². The normalized spacial score (nSPS) is 11.1. The highest BCUT2D eigenvalue weighted by molar-refractivity contribution is 6.33. The molecule has 0 spiro atoms. The fourth-order valence-corrected chi connectivity index (χ4v) is 2.07. The molecule has 3 N–H and O–H groups in total. The lowest BCUT2D eigenvalue weighted by Crippen LogP contribution is -2.19. The van der Waals surface area contributed by atoms with E-state index in [-0.39, 0.29) is 17.1 Å². The maximum Gasteiger partial charge on any atom is 0.341 e. The molecule has 0 aliphatic heterocycles. The van der Waals surface area contributed by atoms with Crippen molar-refractivity contribution in [2.24, 2.45) is 10.7 Å². The van der Waals surface area contributed by atoms with Gasteiger partial charge in [-0.1, -0.05) is 41.9 Å². The molecule has 120 valence electrons. The molecule has 0 heterocycles. The second kappa shape index (κ2) is 7.46. The number of nitrogens with zero attached hydrogens (tertiary/aromatic N) is 1. The minimum Gasteiger partial charge on any atom is -0.481 e. The van der Waals surface area contributed by atoms with Crippen LogP contribution in [0.15, 0.2) is 47.5 Å². The summed E-state index contributed by atoms with van der Waals surface area (Å²) in [6.07, 6.45) is 0. The smallest absolute Gasteiger partial charge is 0.341 e. The lowest BCUT2D eigenvalue weighted by atomic mass is 9.94. The molecule has 0 aromatic heterocycles. The molecule has 24 heavy (non-hydrogen) atoms. The van der Waals surface area contributed by atoms with Crippen molar-refractivity contribution >= 4 is 31.0 Å². The summed E-state index contributed by atoms with van der Waals surface area (Å²) in [5, 5.41) is 8.70. The van der Waals surface area contributed by atoms with Crippen LogP contribution in [0.25, 0.3) is 0 Å². The zero-order valence-electron chi connectivity index (χ0n) is 13.0. The van der Waals surface area contributed by atoms with E-state index in [1.807, 2.05) is 19.1 Å². The summed E-state index contributed by atoms with van der Waals surface area (Å²) in [4.78, 5) is 26.9. The number of aliphatic carboxylic acids is 1. The molecule has 7 heteroatoms. The number of amidine groups is 1. The van der Waals surface area contributed by atoms with Crippen LogP contribution in [-0.4, -0.2) is 37.3 Å². The van der Waals surface area contributed by atoms with Crippen LogP contribution in [0.5, 0.6) is 5.75 Å². The van der Waals surface area contributed by atoms with E-state index >= 15 is 0 Å². The third-order valence-corrected chi connectivity index (χ3v) is 3.23. The highest BCUT2D eigenvalue weighted by Gasteiger charge is 2.15. The Morgan fingerprint density at radius 1 is 1.21 bits per heavy atom. The number of hydrogen-bond acceptors (Lipinski definition) is 3. The number of nitrogens with two attached hydrogens (primary N) is 1. The number of carboxylic acid groups (broad SMARTS) is 1. The Hall–Kier alpha value is -3.09. The Kier molecular flexibility index (Phi) is 5.37. The summed E-state index contributed by atoms with van der Waals surface area (Å²) >= 11 is 0. The monoisotopic (exact) mass is 322 g/mol. The molecular weight excluding hydrogens is 307 g/mol. The van der Waals surface area contributed by atoms with Gasteiger partial charge in [0.25, 0.3) is 5.91 Å². The summed E-state index contributed by atoms with van der Waals surface area (Å²) in [6.45, 7) is 1.27. The highest BCUT2D eigenvalue weighted by atomic mass is 16.5. The molecular formula is C17H15BN2O4. The van der Waals surface area contributed by atoms with Crippen molar-refractivity contribution < 1.29 is 19.4 Å². The fourth-order valence-electron chi connectivity index (χ4n) is 2.07. The van der Waals surface area contributed by atoms with Crippen LogP contribution in [0.3, 0.4) is 0 Å². The van der Waals surface area contributed by atoms with Crippen LogP contribution in [-0.2, 0) is 4.79 Å². The summed E-state index contributed by atoms with van der Waals surface area (Å²) in [5.74, 6) is -1.68. The van der Waals surface area contributed by atoms with Crippen molar-refractivity contribution in [1.29, 1.82) is 0 Å². The first-order chi connectivity index (χ1) is 11.4. The number of aryl methyl sites for hydroxylation is 1. The molecule has 0 atom stereocenters. The average Bonchev–Trinajstić information content (AvgIpc) is 2.53. The van der Waals surface area contributed by atoms with E-state index in [9.17, 15) is 9.59 Å². The van der Waals surface area contributed by atoms with Crippen LogP contribution in [0, 0.1) is 6.92 Å². The van der Waals surface area contributed by atoms with Crippen molar-refractivity contribution in [3.63, 3.8) is 0 Å². The fraction of sp³-hybridized carbons (Fsp3) is 0.118. The molecule has 1 amide bonds. The predicted octanol–water partition coefficient (Wildman–Crippen LogP) is 0.798. The van der Waals surface area contributed by atoms with E-state index in [1.165, 1.54) is 18.2 Å². The lowest BCUT2D eigenvalue weighted by molar-refractivity contribution is -0.139. The second-order valence-corrected chi connectivity index (χ2v) is 5.06. The Labute approximate surface area is 140 Å². The largest absolute Gasteiger partial charge is 0.481 e. The van der Waals surface area contributed by atoms with Gasteiger partial charge < -0.3 is 15.6 Å². The molecule has 6 nitrogen and oxygen atoms in total. The molecule has 2 aromatic carbocycles. The van der Waals surface area contributed by atoms with Crippen molar-refractivity contribution in [2.45, 2.75) is 6.92 Å². The Bertz CT molecular complexity index is 818. The predicted molar refractivity (Wildman–Crippen MR) is 91.2 cm³/mol.